The van der Waals surface area contributed by atoms with Crippen molar-refractivity contribution in [2.45, 2.75) is 19.8 Å². The summed E-state index contributed by atoms with van der Waals surface area (Å²) in [5, 5.41) is 0. The Kier molecular flexibility index (Phi) is 3.83. The summed E-state index contributed by atoms with van der Waals surface area (Å²) >= 11 is 0. The average molecular weight is 323 g/mol. The van der Waals surface area contributed by atoms with E-state index in [0.29, 0.717) is 24.7 Å². The summed E-state index contributed by atoms with van der Waals surface area (Å²) in [4.78, 5) is 13.8. The molecule has 0 bridgehead atoms. The molecule has 6 heteroatoms. The van der Waals surface area contributed by atoms with E-state index >= 15 is 0 Å². The van der Waals surface area contributed by atoms with E-state index in [1.54, 1.807) is 12.1 Å². The first-order chi connectivity index (χ1) is 10.9. The van der Waals surface area contributed by atoms with E-state index in [1.807, 2.05) is 13.0 Å². The van der Waals surface area contributed by atoms with Crippen molar-refractivity contribution in [3.63, 3.8) is 0 Å². The van der Waals surface area contributed by atoms with Crippen LogP contribution in [0, 0.1) is 30.2 Å². The van der Waals surface area contributed by atoms with Gasteiger partial charge in [0.25, 0.3) is 5.91 Å². The van der Waals surface area contributed by atoms with Crippen LogP contribution in [0.2, 0.25) is 0 Å². The lowest BCUT2D eigenvalue weighted by Crippen LogP contribution is -2.36. The van der Waals surface area contributed by atoms with Crippen molar-refractivity contribution in [1.82, 2.24) is 0 Å². The van der Waals surface area contributed by atoms with Crippen molar-refractivity contribution in [3.8, 4) is 0 Å². The third-order valence-electron chi connectivity index (χ3n) is 3.93. The van der Waals surface area contributed by atoms with Gasteiger partial charge in [-0.25, -0.2) is 17.6 Å². The Balaban J connectivity index is 2.06. The van der Waals surface area contributed by atoms with Gasteiger partial charge >= 0.3 is 0 Å². The fraction of sp³-hybridized carbons (Fsp3) is 0.235. The van der Waals surface area contributed by atoms with Crippen molar-refractivity contribution in [2.75, 3.05) is 11.4 Å². The number of carbonyl (C=O) groups is 1. The van der Waals surface area contributed by atoms with Crippen LogP contribution in [-0.4, -0.2) is 12.5 Å². The zero-order valence-corrected chi connectivity index (χ0v) is 12.3. The smallest absolute Gasteiger partial charge is 0.261 e. The van der Waals surface area contributed by atoms with Gasteiger partial charge in [-0.15, -0.1) is 0 Å². The topological polar surface area (TPSA) is 20.3 Å². The molecule has 2 aromatic rings. The van der Waals surface area contributed by atoms with Crippen LogP contribution in [0.4, 0.5) is 23.2 Å². The van der Waals surface area contributed by atoms with Crippen LogP contribution in [0.3, 0.4) is 0 Å². The van der Waals surface area contributed by atoms with Crippen LogP contribution in [0.5, 0.6) is 0 Å². The van der Waals surface area contributed by atoms with E-state index in [-0.39, 0.29) is 0 Å². The second kappa shape index (κ2) is 5.68. The maximum atomic E-state index is 13.9. The summed E-state index contributed by atoms with van der Waals surface area (Å²) in [5.74, 6) is -8.05. The number of hydrogen-bond acceptors (Lipinski definition) is 1. The molecule has 0 saturated heterocycles. The molecule has 1 heterocycles. The van der Waals surface area contributed by atoms with Crippen LogP contribution >= 0.6 is 0 Å². The molecule has 2 aromatic carbocycles. The first kappa shape index (κ1) is 15.5. The van der Waals surface area contributed by atoms with E-state index in [1.165, 1.54) is 4.90 Å². The maximum Gasteiger partial charge on any atom is 0.261 e. The van der Waals surface area contributed by atoms with Gasteiger partial charge in [0.05, 0.1) is 5.56 Å². The van der Waals surface area contributed by atoms with Crippen LogP contribution < -0.4 is 4.90 Å². The number of nitrogens with zero attached hydrogens (tertiary/aromatic N) is 1. The van der Waals surface area contributed by atoms with Crippen molar-refractivity contribution < 1.29 is 22.4 Å². The van der Waals surface area contributed by atoms with Gasteiger partial charge in [-0.1, -0.05) is 17.7 Å². The second-order valence-corrected chi connectivity index (χ2v) is 5.54. The predicted molar refractivity (Wildman–Crippen MR) is 77.5 cm³/mol. The zero-order chi connectivity index (χ0) is 16.7. The highest BCUT2D eigenvalue weighted by Crippen LogP contribution is 2.30. The van der Waals surface area contributed by atoms with Gasteiger partial charge in [0.1, 0.15) is 0 Å². The van der Waals surface area contributed by atoms with Gasteiger partial charge in [0.15, 0.2) is 23.3 Å². The van der Waals surface area contributed by atoms with Crippen LogP contribution in [0.25, 0.3) is 0 Å². The van der Waals surface area contributed by atoms with E-state index in [9.17, 15) is 22.4 Å². The van der Waals surface area contributed by atoms with Gasteiger partial charge in [0, 0.05) is 12.2 Å². The number of aryl methyl sites for hydroxylation is 2. The minimum atomic E-state index is -1.98. The molecule has 0 N–H and O–H groups in total. The number of fused-ring (bicyclic) bond motifs is 1. The molecule has 0 atom stereocenters. The Morgan fingerprint density at radius 1 is 1.04 bits per heavy atom. The molecule has 1 aliphatic heterocycles. The lowest BCUT2D eigenvalue weighted by Gasteiger charge is -2.30. The summed E-state index contributed by atoms with van der Waals surface area (Å²) in [7, 11) is 0. The zero-order valence-electron chi connectivity index (χ0n) is 12.3. The maximum absolute atomic E-state index is 13.9. The fourth-order valence-electron chi connectivity index (χ4n) is 2.81. The molecule has 0 saturated carbocycles. The normalized spacial score (nSPS) is 13.9. The highest BCUT2D eigenvalue weighted by Gasteiger charge is 2.29. The Labute approximate surface area is 130 Å². The van der Waals surface area contributed by atoms with Crippen LogP contribution in [-0.2, 0) is 6.42 Å². The van der Waals surface area contributed by atoms with E-state index in [2.05, 4.69) is 0 Å². The highest BCUT2D eigenvalue weighted by molar-refractivity contribution is 6.07. The van der Waals surface area contributed by atoms with Crippen molar-refractivity contribution in [1.29, 1.82) is 0 Å². The molecule has 0 unspecified atom stereocenters. The van der Waals surface area contributed by atoms with Gasteiger partial charge < -0.3 is 4.90 Å². The summed E-state index contributed by atoms with van der Waals surface area (Å²) in [6.45, 7) is 2.21. The Morgan fingerprint density at radius 3 is 2.52 bits per heavy atom. The molecule has 120 valence electrons. The molecule has 1 aliphatic rings. The minimum Gasteiger partial charge on any atom is -0.308 e. The third-order valence-corrected chi connectivity index (χ3v) is 3.93. The third kappa shape index (κ3) is 2.58. The SMILES string of the molecule is Cc1ccc2c(c1)CCCN2C(=O)c1cc(F)c(F)c(F)c1F. The summed E-state index contributed by atoms with van der Waals surface area (Å²) < 4.78 is 53.6. The standard InChI is InChI=1S/C17H13F4NO/c1-9-4-5-13-10(7-9)3-2-6-22(13)17(23)11-8-12(18)15(20)16(21)14(11)19/h4-5,7-8H,2-3,6H2,1H3. The van der Waals surface area contributed by atoms with Crippen LogP contribution in [0.15, 0.2) is 24.3 Å². The number of rotatable bonds is 1. The van der Waals surface area contributed by atoms with Gasteiger partial charge in [0.2, 0.25) is 0 Å². The lowest BCUT2D eigenvalue weighted by atomic mass is 9.98. The first-order valence-corrected chi connectivity index (χ1v) is 7.14. The van der Waals surface area contributed by atoms with Crippen LogP contribution in [0.1, 0.15) is 27.9 Å². The predicted octanol–water partition coefficient (Wildman–Crippen LogP) is 4.14. The Morgan fingerprint density at radius 2 is 1.78 bits per heavy atom. The number of amides is 1. The number of halogens is 4. The molecule has 0 radical (unpaired) electrons. The first-order valence-electron chi connectivity index (χ1n) is 7.14. The summed E-state index contributed by atoms with van der Waals surface area (Å²) in [6.07, 6.45) is 1.41. The van der Waals surface area contributed by atoms with Gasteiger partial charge in [-0.05, 0) is 37.5 Å². The lowest BCUT2D eigenvalue weighted by molar-refractivity contribution is 0.0979. The molecule has 0 aliphatic carbocycles. The highest BCUT2D eigenvalue weighted by atomic mass is 19.2. The summed E-state index contributed by atoms with van der Waals surface area (Å²) in [5.41, 5.74) is 1.70. The molecule has 23 heavy (non-hydrogen) atoms. The van der Waals surface area contributed by atoms with Crippen molar-refractivity contribution in [2.24, 2.45) is 0 Å². The van der Waals surface area contributed by atoms with E-state index < -0.39 is 34.7 Å². The molecule has 0 fully saturated rings. The Hall–Kier alpha value is -2.37. The molecule has 1 amide bonds. The van der Waals surface area contributed by atoms with Gasteiger partial charge in [-0.3, -0.25) is 4.79 Å². The monoisotopic (exact) mass is 323 g/mol. The minimum absolute atomic E-state index is 0.301. The summed E-state index contributed by atoms with van der Waals surface area (Å²) in [6, 6.07) is 5.83. The van der Waals surface area contributed by atoms with Crippen molar-refractivity contribution in [3.05, 3.63) is 64.2 Å². The fourth-order valence-corrected chi connectivity index (χ4v) is 2.81. The molecular weight excluding hydrogens is 310 g/mol. The van der Waals surface area contributed by atoms with E-state index in [0.717, 1.165) is 17.5 Å². The number of anilines is 1. The quantitative estimate of drug-likeness (QED) is 0.439. The molecule has 0 aromatic heterocycles. The second-order valence-electron chi connectivity index (χ2n) is 5.54. The molecule has 3 rings (SSSR count). The largest absolute Gasteiger partial charge is 0.308 e. The molecule has 2 nitrogen and oxygen atoms in total. The Bertz CT molecular complexity index is 804. The van der Waals surface area contributed by atoms with E-state index in [4.69, 9.17) is 0 Å². The number of benzene rings is 2. The molecular formula is C17H13F4NO. The number of hydrogen-bond donors (Lipinski definition) is 0. The van der Waals surface area contributed by atoms with Gasteiger partial charge in [-0.2, -0.15) is 0 Å². The average Bonchev–Trinajstić information content (AvgIpc) is 2.54. The molecule has 0 spiro atoms. The number of carbonyl (C=O) groups excluding carboxylic acids is 1. The van der Waals surface area contributed by atoms with Crippen molar-refractivity contribution >= 4 is 11.6 Å².